The Morgan fingerprint density at radius 1 is 1.32 bits per heavy atom. The number of thiazole rings is 1. The number of piperidine rings is 1. The molecule has 5 rings (SSSR count). The number of halogens is 1. The smallest absolute Gasteiger partial charge is 0.253 e. The molecule has 3 fully saturated rings. The molecule has 3 saturated heterocycles. The van der Waals surface area contributed by atoms with E-state index in [2.05, 4.69) is 4.98 Å². The molecule has 0 aliphatic carbocycles. The normalized spacial score (nSPS) is 23.0. The van der Waals surface area contributed by atoms with Crippen LogP contribution in [0.5, 0.6) is 0 Å². The summed E-state index contributed by atoms with van der Waals surface area (Å²) in [5.74, 6) is -0.0335. The fraction of sp³-hybridized carbons (Fsp3) is 0.389. The van der Waals surface area contributed by atoms with Crippen LogP contribution >= 0.6 is 22.9 Å². The minimum Gasteiger partial charge on any atom is -0.336 e. The number of carbonyl (C=O) groups excluding carboxylic acids is 2. The average Bonchev–Trinajstić information content (AvgIpc) is 2.97. The number of benzene rings is 1. The molecule has 0 spiro atoms. The predicted molar refractivity (Wildman–Crippen MR) is 96.5 cm³/mol. The Bertz CT molecular complexity index is 795. The number of nitrogens with zero attached hydrogens (tertiary/aromatic N) is 3. The first-order valence-corrected chi connectivity index (χ1v) is 9.66. The zero-order valence-electron chi connectivity index (χ0n) is 13.6. The van der Waals surface area contributed by atoms with Crippen molar-refractivity contribution in [1.29, 1.82) is 0 Å². The summed E-state index contributed by atoms with van der Waals surface area (Å²) < 4.78 is 0. The standard InChI is InChI=1S/C18H18ClN3O2S/c19-14-3-1-2-12(6-14)17(23)21-7-13-4-5-16(9-21)22(18(13)24)8-15-10-25-11-20-15/h1-3,6,10-11,13,16H,4-5,7-9H2. The van der Waals surface area contributed by atoms with Gasteiger partial charge in [0.2, 0.25) is 5.91 Å². The maximum absolute atomic E-state index is 12.9. The summed E-state index contributed by atoms with van der Waals surface area (Å²) >= 11 is 7.55. The van der Waals surface area contributed by atoms with Crippen molar-refractivity contribution in [1.82, 2.24) is 14.8 Å². The number of amides is 2. The van der Waals surface area contributed by atoms with Crippen molar-refractivity contribution >= 4 is 34.8 Å². The zero-order valence-corrected chi connectivity index (χ0v) is 15.2. The van der Waals surface area contributed by atoms with E-state index in [1.807, 2.05) is 15.2 Å². The third kappa shape index (κ3) is 3.28. The first-order chi connectivity index (χ1) is 12.1. The van der Waals surface area contributed by atoms with Gasteiger partial charge >= 0.3 is 0 Å². The second-order valence-corrected chi connectivity index (χ2v) is 7.75. The summed E-state index contributed by atoms with van der Waals surface area (Å²) in [6.07, 6.45) is 1.77. The summed E-state index contributed by atoms with van der Waals surface area (Å²) in [6, 6.07) is 7.04. The Kier molecular flexibility index (Phi) is 4.48. The van der Waals surface area contributed by atoms with Gasteiger partial charge in [0.05, 0.1) is 23.7 Å². The molecule has 2 unspecified atom stereocenters. The first kappa shape index (κ1) is 16.5. The molecule has 0 radical (unpaired) electrons. The lowest BCUT2D eigenvalue weighted by molar-refractivity contribution is -0.140. The van der Waals surface area contributed by atoms with E-state index in [-0.39, 0.29) is 23.8 Å². The largest absolute Gasteiger partial charge is 0.336 e. The van der Waals surface area contributed by atoms with Crippen molar-refractivity contribution in [2.24, 2.45) is 5.92 Å². The number of hydrogen-bond acceptors (Lipinski definition) is 4. The van der Waals surface area contributed by atoms with Crippen LogP contribution in [-0.4, -0.2) is 45.7 Å². The van der Waals surface area contributed by atoms with Crippen LogP contribution in [0, 0.1) is 5.92 Å². The average molecular weight is 376 g/mol. The van der Waals surface area contributed by atoms with Crippen molar-refractivity contribution in [3.05, 3.63) is 51.4 Å². The number of aromatic nitrogens is 1. The number of fused-ring (bicyclic) bond motifs is 4. The monoisotopic (exact) mass is 375 g/mol. The summed E-state index contributed by atoms with van der Waals surface area (Å²) in [5.41, 5.74) is 3.27. The molecule has 7 heteroatoms. The Balaban J connectivity index is 1.56. The fourth-order valence-electron chi connectivity index (χ4n) is 3.71. The summed E-state index contributed by atoms with van der Waals surface area (Å²) in [6.45, 7) is 1.58. The molecular formula is C18H18ClN3O2S. The fourth-order valence-corrected chi connectivity index (χ4v) is 4.45. The number of carbonyl (C=O) groups is 2. The van der Waals surface area contributed by atoms with E-state index in [9.17, 15) is 9.59 Å². The molecule has 0 saturated carbocycles. The lowest BCUT2D eigenvalue weighted by atomic mass is 9.94. The van der Waals surface area contributed by atoms with Crippen LogP contribution < -0.4 is 0 Å². The van der Waals surface area contributed by atoms with Crippen LogP contribution in [0.4, 0.5) is 0 Å². The van der Waals surface area contributed by atoms with Gasteiger partial charge in [-0.25, -0.2) is 4.98 Å². The van der Waals surface area contributed by atoms with Crippen molar-refractivity contribution < 1.29 is 9.59 Å². The van der Waals surface area contributed by atoms with Gasteiger partial charge in [-0.05, 0) is 31.0 Å². The third-order valence-corrected chi connectivity index (χ3v) is 5.84. The third-order valence-electron chi connectivity index (χ3n) is 4.97. The minimum atomic E-state index is -0.125. The van der Waals surface area contributed by atoms with Gasteiger partial charge in [0, 0.05) is 35.1 Å². The van der Waals surface area contributed by atoms with Crippen LogP contribution in [0.15, 0.2) is 35.2 Å². The van der Waals surface area contributed by atoms with Crippen LogP contribution in [0.2, 0.25) is 5.02 Å². The van der Waals surface area contributed by atoms with Gasteiger partial charge in [-0.3, -0.25) is 9.59 Å². The lowest BCUT2D eigenvalue weighted by Crippen LogP contribution is -2.47. The first-order valence-electron chi connectivity index (χ1n) is 8.34. The maximum Gasteiger partial charge on any atom is 0.253 e. The Morgan fingerprint density at radius 2 is 2.20 bits per heavy atom. The molecule has 2 bridgehead atoms. The van der Waals surface area contributed by atoms with Crippen LogP contribution in [0.1, 0.15) is 28.9 Å². The second kappa shape index (κ2) is 6.77. The van der Waals surface area contributed by atoms with Crippen molar-refractivity contribution in [3.8, 4) is 0 Å². The molecule has 2 atom stereocenters. The highest BCUT2D eigenvalue weighted by Crippen LogP contribution is 2.31. The number of rotatable bonds is 3. The van der Waals surface area contributed by atoms with Gasteiger partial charge in [0.1, 0.15) is 0 Å². The molecule has 0 N–H and O–H groups in total. The molecule has 1 aromatic heterocycles. The molecule has 4 heterocycles. The van der Waals surface area contributed by atoms with Gasteiger partial charge in [0.25, 0.3) is 5.91 Å². The summed E-state index contributed by atoms with van der Waals surface area (Å²) in [5, 5.41) is 2.52. The van der Waals surface area contributed by atoms with Crippen LogP contribution in [-0.2, 0) is 11.3 Å². The van der Waals surface area contributed by atoms with Gasteiger partial charge in [-0.2, -0.15) is 0 Å². The summed E-state index contributed by atoms with van der Waals surface area (Å²) in [7, 11) is 0. The van der Waals surface area contributed by atoms with Gasteiger partial charge in [0.15, 0.2) is 0 Å². The zero-order chi connectivity index (χ0) is 17.4. The second-order valence-electron chi connectivity index (χ2n) is 6.59. The maximum atomic E-state index is 12.9. The molecule has 3 aliphatic heterocycles. The van der Waals surface area contributed by atoms with E-state index in [4.69, 9.17) is 11.6 Å². The van der Waals surface area contributed by atoms with Crippen molar-refractivity contribution in [3.63, 3.8) is 0 Å². The van der Waals surface area contributed by atoms with Gasteiger partial charge in [-0.1, -0.05) is 17.7 Å². The van der Waals surface area contributed by atoms with Crippen LogP contribution in [0.25, 0.3) is 0 Å². The van der Waals surface area contributed by atoms with E-state index in [0.717, 1.165) is 18.5 Å². The van der Waals surface area contributed by atoms with Gasteiger partial charge < -0.3 is 9.80 Å². The van der Waals surface area contributed by atoms with E-state index in [1.54, 1.807) is 29.8 Å². The highest BCUT2D eigenvalue weighted by atomic mass is 35.5. The SMILES string of the molecule is O=C(c1cccc(Cl)c1)N1CC2CCC(C1)N(Cc1cscn1)C2=O. The lowest BCUT2D eigenvalue weighted by Gasteiger charge is -2.35. The van der Waals surface area contributed by atoms with Gasteiger partial charge in [-0.15, -0.1) is 11.3 Å². The van der Waals surface area contributed by atoms with Crippen LogP contribution in [0.3, 0.4) is 0 Å². The van der Waals surface area contributed by atoms with Crippen molar-refractivity contribution in [2.75, 3.05) is 13.1 Å². The molecule has 5 nitrogen and oxygen atoms in total. The molecule has 1 aromatic carbocycles. The molecular weight excluding hydrogens is 358 g/mol. The molecule has 130 valence electrons. The minimum absolute atomic E-state index is 0.0519. The Hall–Kier alpha value is -1.92. The number of hydrogen-bond donors (Lipinski definition) is 0. The van der Waals surface area contributed by atoms with E-state index in [1.165, 1.54) is 11.3 Å². The molecule has 3 aliphatic rings. The van der Waals surface area contributed by atoms with Crippen molar-refractivity contribution in [2.45, 2.75) is 25.4 Å². The van der Waals surface area contributed by atoms with E-state index in [0.29, 0.717) is 30.2 Å². The Labute approximate surface area is 155 Å². The molecule has 2 amide bonds. The quantitative estimate of drug-likeness (QED) is 0.828. The molecule has 2 aromatic rings. The Morgan fingerprint density at radius 3 is 2.96 bits per heavy atom. The van der Waals surface area contributed by atoms with E-state index >= 15 is 0 Å². The summed E-state index contributed by atoms with van der Waals surface area (Å²) in [4.78, 5) is 33.7. The van der Waals surface area contributed by atoms with E-state index < -0.39 is 0 Å². The highest BCUT2D eigenvalue weighted by molar-refractivity contribution is 7.07. The highest BCUT2D eigenvalue weighted by Gasteiger charge is 2.42. The topological polar surface area (TPSA) is 53.5 Å². The molecule has 25 heavy (non-hydrogen) atoms. The predicted octanol–water partition coefficient (Wildman–Crippen LogP) is 3.06.